The van der Waals surface area contributed by atoms with E-state index < -0.39 is 14.9 Å². The monoisotopic (exact) mass is 648 g/mol. The topological polar surface area (TPSA) is 113 Å². The maximum Gasteiger partial charge on any atom is 0.902 e. The van der Waals surface area contributed by atoms with Crippen LogP contribution in [0.5, 0.6) is 11.5 Å². The number of aliphatic imine (C=N–C) groups is 4. The van der Waals surface area contributed by atoms with Crippen LogP contribution in [0.25, 0.3) is 21.5 Å². The minimum atomic E-state index is -3.04. The molecule has 0 unspecified atom stereocenters. The second kappa shape index (κ2) is 9.81. The molecule has 5 aromatic carbocycles. The highest BCUT2D eigenvalue weighted by Crippen LogP contribution is 2.41. The van der Waals surface area contributed by atoms with Crippen LogP contribution in [0.2, 0.25) is 0 Å². The van der Waals surface area contributed by atoms with Gasteiger partial charge in [0.2, 0.25) is 0 Å². The minimum absolute atomic E-state index is 0.151. The SMILES string of the molecule is Oc1ccc([O][Al]2[n]3c4c5ccccc5c3N=C3N=C(N=c5c6ccccc6c([n]52)=NC2=NC(=N4)c4ccccc42)c2ccccc23)cc1. The summed E-state index contributed by atoms with van der Waals surface area (Å²) in [5.41, 5.74) is 4.96. The van der Waals surface area contributed by atoms with Gasteiger partial charge in [-0.1, -0.05) is 97.1 Å². The number of hydrogen-bond acceptors (Lipinski definition) is 8. The average molecular weight is 649 g/mol. The van der Waals surface area contributed by atoms with Crippen molar-refractivity contribution in [1.82, 2.24) is 7.10 Å². The zero-order chi connectivity index (χ0) is 32.2. The van der Waals surface area contributed by atoms with E-state index >= 15 is 0 Å². The van der Waals surface area contributed by atoms with Crippen molar-refractivity contribution in [1.29, 1.82) is 0 Å². The maximum absolute atomic E-state index is 10.2. The third kappa shape index (κ3) is 3.77. The Morgan fingerprint density at radius 2 is 0.837 bits per heavy atom. The number of benzene rings is 5. The fourth-order valence-corrected chi connectivity index (χ4v) is 9.60. The van der Waals surface area contributed by atoms with Crippen molar-refractivity contribution in [2.24, 2.45) is 30.0 Å². The Balaban J connectivity index is 1.40. The molecule has 0 saturated carbocycles. The molecular formula is C38H21AlN8O2. The van der Waals surface area contributed by atoms with Crippen molar-refractivity contribution in [3.05, 3.63) is 155 Å². The Morgan fingerprint density at radius 1 is 0.429 bits per heavy atom. The summed E-state index contributed by atoms with van der Waals surface area (Å²) in [6.45, 7) is 0. The Kier molecular flexibility index (Phi) is 5.33. The first kappa shape index (κ1) is 26.6. The van der Waals surface area contributed by atoms with Gasteiger partial charge in [0.15, 0.2) is 23.3 Å². The first-order valence-electron chi connectivity index (χ1n) is 15.9. The molecule has 228 valence electrons. The van der Waals surface area contributed by atoms with Gasteiger partial charge in [0.25, 0.3) is 0 Å². The van der Waals surface area contributed by atoms with E-state index in [0.29, 0.717) is 51.7 Å². The van der Waals surface area contributed by atoms with Gasteiger partial charge in [0.05, 0.1) is 5.75 Å². The average Bonchev–Trinajstić information content (AvgIpc) is 3.85. The summed E-state index contributed by atoms with van der Waals surface area (Å²) < 4.78 is 11.4. The highest BCUT2D eigenvalue weighted by Gasteiger charge is 2.45. The summed E-state index contributed by atoms with van der Waals surface area (Å²) in [5.74, 6) is 4.37. The highest BCUT2D eigenvalue weighted by molar-refractivity contribution is 6.52. The molecule has 0 saturated heterocycles. The summed E-state index contributed by atoms with van der Waals surface area (Å²) in [5, 5.41) is 13.8. The smallest absolute Gasteiger partial charge is 0.609 e. The quantitative estimate of drug-likeness (QED) is 0.242. The van der Waals surface area contributed by atoms with Gasteiger partial charge < -0.3 is 16.0 Å². The molecule has 4 aliphatic rings. The molecular weight excluding hydrogens is 627 g/mol. The van der Waals surface area contributed by atoms with E-state index in [0.717, 1.165) is 43.8 Å². The lowest BCUT2D eigenvalue weighted by atomic mass is 10.1. The lowest BCUT2D eigenvalue weighted by Gasteiger charge is -2.20. The molecule has 49 heavy (non-hydrogen) atoms. The molecule has 0 atom stereocenters. The largest absolute Gasteiger partial charge is 0.902 e. The number of fused-ring (bicyclic) bond motifs is 14. The summed E-state index contributed by atoms with van der Waals surface area (Å²) in [4.78, 5) is 31.5. The van der Waals surface area contributed by atoms with Gasteiger partial charge in [-0.3, -0.25) is 0 Å². The van der Waals surface area contributed by atoms with E-state index in [1.165, 1.54) is 0 Å². The lowest BCUT2D eigenvalue weighted by molar-refractivity contribution is 0.472. The Bertz CT molecular complexity index is 2710. The minimum Gasteiger partial charge on any atom is -0.609 e. The van der Waals surface area contributed by atoms with Crippen LogP contribution >= 0.6 is 0 Å². The molecule has 0 aliphatic carbocycles. The van der Waals surface area contributed by atoms with Crippen molar-refractivity contribution in [3.8, 4) is 11.5 Å². The van der Waals surface area contributed by atoms with Crippen LogP contribution in [-0.4, -0.2) is 50.5 Å². The van der Waals surface area contributed by atoms with Crippen LogP contribution in [0.3, 0.4) is 0 Å². The van der Waals surface area contributed by atoms with Crippen molar-refractivity contribution >= 4 is 71.4 Å². The Labute approximate surface area is 282 Å². The number of amidine groups is 4. The Hall–Kier alpha value is -6.41. The van der Waals surface area contributed by atoms with Crippen molar-refractivity contribution in [3.63, 3.8) is 0 Å². The highest BCUT2D eigenvalue weighted by atomic mass is 27.2. The molecule has 1 N–H and O–H groups in total. The number of rotatable bonds is 2. The standard InChI is InChI=1S/C32H16N8.C6H6O2.Al/c1-2-10-18-17(9-1)25-33-26(18)38-28-21-13-5-6-14-22(21)30(35-28)40-32-24-16-8-7-15-23(24)31(36-32)39-29-20-12-4-3-11-19(20)27(34-29)37-25;7-5-1-2-6(8)4-3-5;/h1-16H;1-4,7-8H;/q-2;;+3/p-1. The fourth-order valence-electron chi connectivity index (χ4n) is 7.14. The lowest BCUT2D eigenvalue weighted by Crippen LogP contribution is -2.50. The molecule has 11 heteroatoms. The van der Waals surface area contributed by atoms with Gasteiger partial charge in [-0.15, -0.1) is 0 Å². The van der Waals surface area contributed by atoms with Crippen molar-refractivity contribution < 1.29 is 8.90 Å². The molecule has 2 aromatic heterocycles. The normalized spacial score (nSPS) is 15.0. The molecule has 4 aliphatic heterocycles. The summed E-state index contributed by atoms with van der Waals surface area (Å²) in [7, 11) is 0. The van der Waals surface area contributed by atoms with E-state index in [2.05, 4.69) is 31.4 Å². The maximum atomic E-state index is 10.2. The molecule has 0 amide bonds. The predicted molar refractivity (Wildman–Crippen MR) is 190 cm³/mol. The molecule has 0 spiro atoms. The van der Waals surface area contributed by atoms with Crippen LogP contribution in [-0.2, 0) is 0 Å². The van der Waals surface area contributed by atoms with Gasteiger partial charge in [0.1, 0.15) is 28.4 Å². The second-order valence-corrected chi connectivity index (χ2v) is 14.0. The molecule has 0 fully saturated rings. The van der Waals surface area contributed by atoms with E-state index in [-0.39, 0.29) is 5.75 Å². The van der Waals surface area contributed by atoms with Crippen LogP contribution in [0, 0.1) is 0 Å². The van der Waals surface area contributed by atoms with Crippen molar-refractivity contribution in [2.75, 3.05) is 0 Å². The summed E-state index contributed by atoms with van der Waals surface area (Å²) in [6.07, 6.45) is 0. The van der Waals surface area contributed by atoms with E-state index in [9.17, 15) is 5.11 Å². The number of hydrogen-bond donors (Lipinski definition) is 1. The van der Waals surface area contributed by atoms with Gasteiger partial charge >= 0.3 is 14.9 Å². The van der Waals surface area contributed by atoms with E-state index in [1.807, 2.05) is 72.8 Å². The summed E-state index contributed by atoms with van der Waals surface area (Å²) in [6, 6.07) is 39.3. The van der Waals surface area contributed by atoms with Gasteiger partial charge in [0, 0.05) is 43.8 Å². The molecule has 11 rings (SSSR count). The first-order valence-corrected chi connectivity index (χ1v) is 17.4. The van der Waals surface area contributed by atoms with Gasteiger partial charge in [-0.25, -0.2) is 30.0 Å². The molecule has 6 bridgehead atoms. The molecule has 7 aromatic rings. The Morgan fingerprint density at radius 3 is 1.31 bits per heavy atom. The second-order valence-electron chi connectivity index (χ2n) is 12.1. The number of aromatic nitrogens is 2. The molecule has 6 heterocycles. The van der Waals surface area contributed by atoms with Crippen LogP contribution in [0.1, 0.15) is 22.3 Å². The third-order valence-corrected chi connectivity index (χ3v) is 11.7. The van der Waals surface area contributed by atoms with E-state index in [1.54, 1.807) is 24.3 Å². The van der Waals surface area contributed by atoms with Crippen LogP contribution in [0.15, 0.2) is 151 Å². The fraction of sp³-hybridized carbons (Fsp3) is 0. The predicted octanol–water partition coefficient (Wildman–Crippen LogP) is 5.71. The number of aromatic hydroxyl groups is 1. The van der Waals surface area contributed by atoms with Gasteiger partial charge in [-0.2, -0.15) is 0 Å². The van der Waals surface area contributed by atoms with Crippen LogP contribution in [0.4, 0.5) is 11.6 Å². The van der Waals surface area contributed by atoms with Crippen LogP contribution < -0.4 is 14.8 Å². The van der Waals surface area contributed by atoms with Crippen molar-refractivity contribution in [2.45, 2.75) is 0 Å². The zero-order valence-electron chi connectivity index (χ0n) is 25.6. The molecule has 0 radical (unpaired) electrons. The number of phenolic OH excluding ortho intramolecular Hbond substituents is 1. The molecule has 10 nitrogen and oxygen atoms in total. The van der Waals surface area contributed by atoms with Gasteiger partial charge in [-0.05, 0) is 24.3 Å². The summed E-state index contributed by atoms with van der Waals surface area (Å²) >= 11 is -3.04. The van der Waals surface area contributed by atoms with E-state index in [4.69, 9.17) is 33.7 Å². The first-order chi connectivity index (χ1) is 24.2. The number of nitrogens with zero attached hydrogens (tertiary/aromatic N) is 8. The number of phenols is 1. The third-order valence-electron chi connectivity index (χ3n) is 9.34. The zero-order valence-corrected chi connectivity index (χ0v) is 26.7.